The van der Waals surface area contributed by atoms with Gasteiger partial charge in [0.25, 0.3) is 0 Å². The highest BCUT2D eigenvalue weighted by atomic mass is 16.5. The molecule has 0 N–H and O–H groups in total. The van der Waals surface area contributed by atoms with Crippen molar-refractivity contribution in [3.05, 3.63) is 41.5 Å². The molecule has 1 spiro atoms. The van der Waals surface area contributed by atoms with E-state index in [2.05, 4.69) is 35.3 Å². The van der Waals surface area contributed by atoms with Gasteiger partial charge in [-0.05, 0) is 42.6 Å². The van der Waals surface area contributed by atoms with Gasteiger partial charge in [0.2, 0.25) is 0 Å². The van der Waals surface area contributed by atoms with Gasteiger partial charge >= 0.3 is 0 Å². The maximum Gasteiger partial charge on any atom is 0.119 e. The summed E-state index contributed by atoms with van der Waals surface area (Å²) < 4.78 is 11.2. The zero-order valence-corrected chi connectivity index (χ0v) is 12.8. The van der Waals surface area contributed by atoms with Crippen molar-refractivity contribution < 1.29 is 9.47 Å². The fourth-order valence-electron chi connectivity index (χ4n) is 4.65. The Hall–Kier alpha value is -1.32. The van der Waals surface area contributed by atoms with Gasteiger partial charge in [0.15, 0.2) is 0 Å². The van der Waals surface area contributed by atoms with Crippen molar-refractivity contribution >= 4 is 0 Å². The molecule has 2 aliphatic heterocycles. The predicted molar refractivity (Wildman–Crippen MR) is 82.6 cm³/mol. The number of nitrogens with zero attached hydrogens (tertiary/aromatic N) is 1. The van der Waals surface area contributed by atoms with Crippen LogP contribution in [0, 0.1) is 5.92 Å². The largest absolute Gasteiger partial charge is 0.497 e. The quantitative estimate of drug-likeness (QED) is 0.780. The first-order valence-electron chi connectivity index (χ1n) is 7.91. The second-order valence-electron chi connectivity index (χ2n) is 6.44. The van der Waals surface area contributed by atoms with E-state index < -0.39 is 0 Å². The fourth-order valence-corrected chi connectivity index (χ4v) is 4.65. The van der Waals surface area contributed by atoms with Crippen molar-refractivity contribution in [2.45, 2.75) is 30.9 Å². The minimum Gasteiger partial charge on any atom is -0.497 e. The lowest BCUT2D eigenvalue weighted by atomic mass is 9.68. The molecule has 1 aromatic rings. The summed E-state index contributed by atoms with van der Waals surface area (Å²) >= 11 is 0. The molecule has 21 heavy (non-hydrogen) atoms. The molecule has 1 aliphatic carbocycles. The molecule has 0 amide bonds. The molecule has 0 saturated carbocycles. The lowest BCUT2D eigenvalue weighted by molar-refractivity contribution is 0.0204. The van der Waals surface area contributed by atoms with E-state index in [0.29, 0.717) is 5.92 Å². The maximum absolute atomic E-state index is 5.67. The van der Waals surface area contributed by atoms with E-state index in [1.165, 1.54) is 30.6 Å². The molecule has 0 aromatic heterocycles. The molecule has 0 radical (unpaired) electrons. The molecule has 3 atom stereocenters. The molecule has 112 valence electrons. The van der Waals surface area contributed by atoms with Crippen LogP contribution in [0.15, 0.2) is 30.4 Å². The van der Waals surface area contributed by atoms with Gasteiger partial charge in [-0.15, -0.1) is 0 Å². The first kappa shape index (κ1) is 13.4. The van der Waals surface area contributed by atoms with E-state index in [4.69, 9.17) is 9.47 Å². The average Bonchev–Trinajstić information content (AvgIpc) is 2.93. The third kappa shape index (κ3) is 1.80. The van der Waals surface area contributed by atoms with Crippen LogP contribution in [-0.2, 0) is 16.7 Å². The van der Waals surface area contributed by atoms with Gasteiger partial charge in [-0.3, -0.25) is 4.90 Å². The number of ether oxygens (including phenoxy) is 2. The van der Waals surface area contributed by atoms with Crippen LogP contribution in [-0.4, -0.2) is 38.3 Å². The first-order valence-corrected chi connectivity index (χ1v) is 7.91. The normalized spacial score (nSPS) is 34.2. The maximum atomic E-state index is 5.67. The Kier molecular flexibility index (Phi) is 3.09. The van der Waals surface area contributed by atoms with Crippen molar-refractivity contribution in [2.75, 3.05) is 27.3 Å². The van der Waals surface area contributed by atoms with Crippen LogP contribution in [0.5, 0.6) is 5.75 Å². The molecule has 1 saturated heterocycles. The fraction of sp³-hybridized carbons (Fsp3) is 0.556. The van der Waals surface area contributed by atoms with E-state index in [-0.39, 0.29) is 11.6 Å². The van der Waals surface area contributed by atoms with Gasteiger partial charge in [-0.1, -0.05) is 18.2 Å². The number of hydrogen-bond donors (Lipinski definition) is 0. The smallest absolute Gasteiger partial charge is 0.119 e. The highest BCUT2D eigenvalue weighted by Crippen LogP contribution is 2.53. The standard InChI is InChI=1S/C18H23NO2/c1-20-15-5-3-13-7-9-19-10-8-14-4-6-16(21-2)12-18(14,19)17(13)11-15/h3-6,11,14,16H,7-10,12H2,1-2H3/t14-,16-,18-/m0/s1. The number of fused-ring (bicyclic) bond motifs is 1. The number of benzene rings is 1. The van der Waals surface area contributed by atoms with Crippen molar-refractivity contribution in [1.82, 2.24) is 4.90 Å². The molecule has 2 heterocycles. The van der Waals surface area contributed by atoms with E-state index >= 15 is 0 Å². The minimum atomic E-state index is 0.123. The topological polar surface area (TPSA) is 21.7 Å². The predicted octanol–water partition coefficient (Wildman–Crippen LogP) is 2.74. The Balaban J connectivity index is 1.88. The van der Waals surface area contributed by atoms with Gasteiger partial charge in [0.1, 0.15) is 5.75 Å². The van der Waals surface area contributed by atoms with Crippen LogP contribution in [0.1, 0.15) is 24.0 Å². The zero-order valence-electron chi connectivity index (χ0n) is 12.8. The summed E-state index contributed by atoms with van der Waals surface area (Å²) in [6.07, 6.45) is 8.34. The summed E-state index contributed by atoms with van der Waals surface area (Å²) in [5.41, 5.74) is 3.09. The van der Waals surface area contributed by atoms with Crippen molar-refractivity contribution in [3.63, 3.8) is 0 Å². The van der Waals surface area contributed by atoms with Crippen LogP contribution >= 0.6 is 0 Å². The van der Waals surface area contributed by atoms with Crippen LogP contribution in [0.4, 0.5) is 0 Å². The molecule has 0 unspecified atom stereocenters. The van der Waals surface area contributed by atoms with Crippen LogP contribution in [0.25, 0.3) is 0 Å². The lowest BCUT2D eigenvalue weighted by Crippen LogP contribution is -2.52. The average molecular weight is 285 g/mol. The van der Waals surface area contributed by atoms with Gasteiger partial charge < -0.3 is 9.47 Å². The summed E-state index contributed by atoms with van der Waals surface area (Å²) in [6, 6.07) is 6.63. The van der Waals surface area contributed by atoms with E-state index in [0.717, 1.165) is 18.6 Å². The molecular formula is C18H23NO2. The van der Waals surface area contributed by atoms with Crippen molar-refractivity contribution in [3.8, 4) is 5.75 Å². The van der Waals surface area contributed by atoms with Gasteiger partial charge in [-0.25, -0.2) is 0 Å². The van der Waals surface area contributed by atoms with Crippen LogP contribution in [0.3, 0.4) is 0 Å². The second-order valence-corrected chi connectivity index (χ2v) is 6.44. The van der Waals surface area contributed by atoms with E-state index in [1.54, 1.807) is 7.11 Å². The monoisotopic (exact) mass is 285 g/mol. The number of methoxy groups -OCH3 is 2. The van der Waals surface area contributed by atoms with Crippen molar-refractivity contribution in [1.29, 1.82) is 0 Å². The number of hydrogen-bond acceptors (Lipinski definition) is 3. The lowest BCUT2D eigenvalue weighted by Gasteiger charge is -2.49. The first-order chi connectivity index (χ1) is 10.3. The second kappa shape index (κ2) is 4.85. The highest BCUT2D eigenvalue weighted by molar-refractivity contribution is 5.45. The van der Waals surface area contributed by atoms with Crippen LogP contribution < -0.4 is 4.74 Å². The molecule has 1 aromatic carbocycles. The van der Waals surface area contributed by atoms with Gasteiger partial charge in [-0.2, -0.15) is 0 Å². The van der Waals surface area contributed by atoms with Crippen molar-refractivity contribution in [2.24, 2.45) is 5.92 Å². The summed E-state index contributed by atoms with van der Waals surface area (Å²) in [7, 11) is 3.57. The molecule has 3 aliphatic rings. The van der Waals surface area contributed by atoms with Crippen LogP contribution in [0.2, 0.25) is 0 Å². The molecule has 3 nitrogen and oxygen atoms in total. The third-order valence-electron chi connectivity index (χ3n) is 5.70. The summed E-state index contributed by atoms with van der Waals surface area (Å²) in [5.74, 6) is 1.58. The summed E-state index contributed by atoms with van der Waals surface area (Å²) in [6.45, 7) is 2.36. The Morgan fingerprint density at radius 1 is 1.19 bits per heavy atom. The molecule has 4 rings (SSSR count). The SMILES string of the molecule is COc1ccc2c(c1)[C@]13C[C@@H](OC)C=C[C@H]1CCN3CC2. The molecular weight excluding hydrogens is 262 g/mol. The number of rotatable bonds is 2. The Bertz CT molecular complexity index is 583. The minimum absolute atomic E-state index is 0.123. The van der Waals surface area contributed by atoms with Gasteiger partial charge in [0, 0.05) is 26.0 Å². The highest BCUT2D eigenvalue weighted by Gasteiger charge is 2.53. The van der Waals surface area contributed by atoms with Gasteiger partial charge in [0.05, 0.1) is 18.8 Å². The van der Waals surface area contributed by atoms with E-state index in [1.807, 2.05) is 7.11 Å². The van der Waals surface area contributed by atoms with E-state index in [9.17, 15) is 0 Å². The Morgan fingerprint density at radius 3 is 2.90 bits per heavy atom. The third-order valence-corrected chi connectivity index (χ3v) is 5.70. The zero-order chi connectivity index (χ0) is 14.4. The Morgan fingerprint density at radius 2 is 2.10 bits per heavy atom. The summed E-state index contributed by atoms with van der Waals surface area (Å²) in [4.78, 5) is 2.69. The molecule has 1 fully saturated rings. The summed E-state index contributed by atoms with van der Waals surface area (Å²) in [5, 5.41) is 0. The molecule has 0 bridgehead atoms. The molecule has 3 heteroatoms. The Labute approximate surface area is 126 Å².